The molecule has 2 N–H and O–H groups in total. The fraction of sp³-hybridized carbons (Fsp3) is 0.182. The quantitative estimate of drug-likeness (QED) is 0.514. The van der Waals surface area contributed by atoms with Crippen LogP contribution in [0.5, 0.6) is 0 Å². The molecule has 0 saturated heterocycles. The van der Waals surface area contributed by atoms with Crippen molar-refractivity contribution in [3.05, 3.63) is 71.2 Å². The van der Waals surface area contributed by atoms with Crippen molar-refractivity contribution in [2.45, 2.75) is 12.8 Å². The Balaban J connectivity index is 1.67. The van der Waals surface area contributed by atoms with Gasteiger partial charge in [0.1, 0.15) is 11.5 Å². The lowest BCUT2D eigenvalue weighted by molar-refractivity contribution is -0.131. The second-order valence-electron chi connectivity index (χ2n) is 7.05. The number of aromatic nitrogens is 3. The second-order valence-corrected chi connectivity index (χ2v) is 7.05. The van der Waals surface area contributed by atoms with Gasteiger partial charge < -0.3 is 10.4 Å². The van der Waals surface area contributed by atoms with Gasteiger partial charge >= 0.3 is 5.97 Å². The first-order chi connectivity index (χ1) is 13.9. The van der Waals surface area contributed by atoms with E-state index in [0.717, 1.165) is 34.0 Å². The highest BCUT2D eigenvalue weighted by Crippen LogP contribution is 2.35. The van der Waals surface area contributed by atoms with Crippen LogP contribution < -0.4 is 5.32 Å². The van der Waals surface area contributed by atoms with Gasteiger partial charge in [-0.25, -0.2) is 9.78 Å². The smallest absolute Gasteiger partial charge is 0.328 e. The summed E-state index contributed by atoms with van der Waals surface area (Å²) in [5.41, 5.74) is 4.78. The summed E-state index contributed by atoms with van der Waals surface area (Å²) in [6.45, 7) is 2.40. The molecule has 1 aliphatic rings. The number of aryl methyl sites for hydroxylation is 2. The fourth-order valence-corrected chi connectivity index (χ4v) is 3.44. The third-order valence-electron chi connectivity index (χ3n) is 5.09. The lowest BCUT2D eigenvalue weighted by atomic mass is 9.93. The van der Waals surface area contributed by atoms with E-state index in [4.69, 9.17) is 5.11 Å². The molecule has 0 aliphatic carbocycles. The number of aliphatic carboxylic acids is 1. The maximum atomic E-state index is 13.0. The summed E-state index contributed by atoms with van der Waals surface area (Å²) < 4.78 is 1.70. The summed E-state index contributed by atoms with van der Waals surface area (Å²) >= 11 is 0. The summed E-state index contributed by atoms with van der Waals surface area (Å²) in [6, 6.07) is 11.3. The molecule has 3 heterocycles. The normalized spacial score (nSPS) is 15.3. The minimum atomic E-state index is -0.994. The van der Waals surface area contributed by atoms with E-state index < -0.39 is 5.97 Å². The number of hydrogen-bond acceptors (Lipinski definition) is 5. The number of fused-ring (bicyclic) bond motifs is 1. The number of nitrogens with one attached hydrogen (secondary N) is 1. The maximum Gasteiger partial charge on any atom is 0.328 e. The first kappa shape index (κ1) is 18.6. The van der Waals surface area contributed by atoms with E-state index in [1.54, 1.807) is 23.0 Å². The largest absolute Gasteiger partial charge is 0.478 e. The zero-order chi connectivity index (χ0) is 20.5. The number of anilines is 1. The summed E-state index contributed by atoms with van der Waals surface area (Å²) in [5.74, 6) is -0.660. The summed E-state index contributed by atoms with van der Waals surface area (Å²) in [6.07, 6.45) is 4.40. The van der Waals surface area contributed by atoms with Gasteiger partial charge in [0.25, 0.3) is 0 Å². The van der Waals surface area contributed by atoms with Gasteiger partial charge in [-0.3, -0.25) is 9.48 Å². The molecule has 1 unspecified atom stereocenters. The molecule has 1 atom stereocenters. The van der Waals surface area contributed by atoms with Gasteiger partial charge in [0.2, 0.25) is 0 Å². The van der Waals surface area contributed by atoms with Crippen molar-refractivity contribution in [3.63, 3.8) is 0 Å². The number of carboxylic acid groups (broad SMARTS) is 1. The molecule has 1 aliphatic heterocycles. The van der Waals surface area contributed by atoms with Crippen LogP contribution in [0.25, 0.3) is 17.2 Å². The van der Waals surface area contributed by atoms with Crippen LogP contribution in [0, 0.1) is 6.92 Å². The Hall–Kier alpha value is -3.74. The third kappa shape index (κ3) is 3.67. The predicted octanol–water partition coefficient (Wildman–Crippen LogP) is 3.28. The van der Waals surface area contributed by atoms with Crippen LogP contribution in [0.3, 0.4) is 0 Å². The average Bonchev–Trinajstić information content (AvgIpc) is 3.29. The Labute approximate surface area is 167 Å². The van der Waals surface area contributed by atoms with E-state index in [9.17, 15) is 9.59 Å². The summed E-state index contributed by atoms with van der Waals surface area (Å²) in [4.78, 5) is 28.3. The highest BCUT2D eigenvalue weighted by molar-refractivity contribution is 6.01. The monoisotopic (exact) mass is 388 g/mol. The number of rotatable bonds is 5. The predicted molar refractivity (Wildman–Crippen MR) is 110 cm³/mol. The molecule has 4 rings (SSSR count). The third-order valence-corrected chi connectivity index (χ3v) is 5.09. The van der Waals surface area contributed by atoms with Crippen LogP contribution in [0.1, 0.15) is 33.2 Å². The van der Waals surface area contributed by atoms with Crippen LogP contribution >= 0.6 is 0 Å². The van der Waals surface area contributed by atoms with Crippen LogP contribution in [0.15, 0.2) is 48.7 Å². The van der Waals surface area contributed by atoms with Gasteiger partial charge in [-0.15, -0.1) is 0 Å². The molecule has 146 valence electrons. The van der Waals surface area contributed by atoms with Gasteiger partial charge in [0, 0.05) is 42.7 Å². The van der Waals surface area contributed by atoms with Gasteiger partial charge in [0.05, 0.1) is 5.92 Å². The lowest BCUT2D eigenvalue weighted by Gasteiger charge is -2.09. The van der Waals surface area contributed by atoms with Crippen molar-refractivity contribution in [1.29, 1.82) is 0 Å². The van der Waals surface area contributed by atoms with Crippen molar-refractivity contribution in [2.75, 3.05) is 11.9 Å². The van der Waals surface area contributed by atoms with Crippen LogP contribution in [0.4, 0.5) is 5.82 Å². The van der Waals surface area contributed by atoms with Gasteiger partial charge in [-0.05, 0) is 42.3 Å². The zero-order valence-corrected chi connectivity index (χ0v) is 16.1. The molecule has 0 bridgehead atoms. The lowest BCUT2D eigenvalue weighted by Crippen LogP contribution is -2.15. The summed E-state index contributed by atoms with van der Waals surface area (Å²) in [7, 11) is 1.82. The minimum absolute atomic E-state index is 0.0305. The molecule has 0 spiro atoms. The van der Waals surface area contributed by atoms with Gasteiger partial charge in [0.15, 0.2) is 5.78 Å². The molecule has 0 radical (unpaired) electrons. The number of benzene rings is 1. The number of pyridine rings is 1. The van der Waals surface area contributed by atoms with Crippen LogP contribution in [-0.4, -0.2) is 38.2 Å². The van der Waals surface area contributed by atoms with Crippen molar-refractivity contribution in [2.24, 2.45) is 7.05 Å². The van der Waals surface area contributed by atoms with Gasteiger partial charge in [-0.1, -0.05) is 18.2 Å². The Bertz CT molecular complexity index is 1130. The Morgan fingerprint density at radius 2 is 2.07 bits per heavy atom. The molecule has 1 aromatic carbocycles. The SMILES string of the molecule is Cc1cc(C(=O)C2CNc3ncc(-c4cccc(/C=C/C(=O)O)c4)cc32)nn1C. The second kappa shape index (κ2) is 7.35. The molecule has 0 fully saturated rings. The number of carbonyl (C=O) groups is 2. The first-order valence-electron chi connectivity index (χ1n) is 9.22. The number of carbonyl (C=O) groups excluding carboxylic acids is 1. The summed E-state index contributed by atoms with van der Waals surface area (Å²) in [5, 5.41) is 16.3. The maximum absolute atomic E-state index is 13.0. The number of ketones is 1. The molecule has 29 heavy (non-hydrogen) atoms. The number of carboxylic acids is 1. The molecule has 3 aromatic rings. The average molecular weight is 388 g/mol. The number of Topliss-reactive ketones (excluding diaryl/α,β-unsaturated/α-hetero) is 1. The van der Waals surface area contributed by atoms with E-state index in [0.29, 0.717) is 18.1 Å². The Morgan fingerprint density at radius 3 is 2.79 bits per heavy atom. The highest BCUT2D eigenvalue weighted by atomic mass is 16.4. The highest BCUT2D eigenvalue weighted by Gasteiger charge is 2.32. The van der Waals surface area contributed by atoms with Crippen LogP contribution in [-0.2, 0) is 11.8 Å². The molecule has 0 amide bonds. The van der Waals surface area contributed by atoms with Crippen LogP contribution in [0.2, 0.25) is 0 Å². The molecule has 7 heteroatoms. The molecular formula is C22H20N4O3. The number of hydrogen-bond donors (Lipinski definition) is 2. The zero-order valence-electron chi connectivity index (χ0n) is 16.1. The van der Waals surface area contributed by atoms with Crippen molar-refractivity contribution >= 4 is 23.6 Å². The molecule has 2 aromatic heterocycles. The molecule has 7 nitrogen and oxygen atoms in total. The first-order valence-corrected chi connectivity index (χ1v) is 9.22. The van der Waals surface area contributed by atoms with E-state index in [1.165, 1.54) is 0 Å². The van der Waals surface area contributed by atoms with E-state index in [2.05, 4.69) is 15.4 Å². The Kier molecular flexibility index (Phi) is 4.72. The number of nitrogens with zero attached hydrogens (tertiary/aromatic N) is 3. The van der Waals surface area contributed by atoms with Crippen molar-refractivity contribution < 1.29 is 14.7 Å². The van der Waals surface area contributed by atoms with Crippen molar-refractivity contribution in [1.82, 2.24) is 14.8 Å². The standard InChI is InChI=1S/C22H20N4O3/c1-13-8-19(25-26(13)2)21(29)18-12-24-22-17(18)10-16(11-23-22)15-5-3-4-14(9-15)6-7-20(27)28/h3-11,18H,12H2,1-2H3,(H,23,24)(H,27,28)/b7-6+. The molecular weight excluding hydrogens is 368 g/mol. The van der Waals surface area contributed by atoms with Gasteiger partial charge in [-0.2, -0.15) is 5.10 Å². The van der Waals surface area contributed by atoms with E-state index >= 15 is 0 Å². The molecule has 0 saturated carbocycles. The van der Waals surface area contributed by atoms with Crippen molar-refractivity contribution in [3.8, 4) is 11.1 Å². The van der Waals surface area contributed by atoms with E-state index in [1.807, 2.05) is 44.3 Å². The van der Waals surface area contributed by atoms with E-state index in [-0.39, 0.29) is 11.7 Å². The minimum Gasteiger partial charge on any atom is -0.478 e. The fourth-order valence-electron chi connectivity index (χ4n) is 3.44. The Morgan fingerprint density at radius 1 is 1.24 bits per heavy atom. The topological polar surface area (TPSA) is 97.1 Å².